The number of carboxylic acid groups (broad SMARTS) is 1. The highest BCUT2D eigenvalue weighted by Crippen LogP contribution is 2.23. The molecule has 0 spiro atoms. The fourth-order valence-electron chi connectivity index (χ4n) is 3.26. The normalized spacial score (nSPS) is 27.4. The summed E-state index contributed by atoms with van der Waals surface area (Å²) in [6, 6.07) is -1.14. The van der Waals surface area contributed by atoms with Gasteiger partial charge in [0.1, 0.15) is 6.04 Å². The Morgan fingerprint density at radius 2 is 1.86 bits per heavy atom. The van der Waals surface area contributed by atoms with Gasteiger partial charge in [0.2, 0.25) is 0 Å². The Kier molecular flexibility index (Phi) is 5.05. The van der Waals surface area contributed by atoms with Crippen molar-refractivity contribution in [3.8, 4) is 0 Å². The minimum atomic E-state index is -1.04. The van der Waals surface area contributed by atoms with Crippen molar-refractivity contribution in [2.24, 2.45) is 5.92 Å². The number of amides is 2. The molecule has 0 aromatic rings. The van der Waals surface area contributed by atoms with Crippen LogP contribution in [0, 0.1) is 5.92 Å². The van der Waals surface area contributed by atoms with E-state index in [9.17, 15) is 14.7 Å². The lowest BCUT2D eigenvalue weighted by molar-refractivity contribution is -0.141. The molecule has 0 bridgehead atoms. The van der Waals surface area contributed by atoms with E-state index in [1.54, 1.807) is 4.90 Å². The lowest BCUT2D eigenvalue weighted by atomic mass is 9.96. The second-order valence-corrected chi connectivity index (χ2v) is 6.37. The second kappa shape index (κ2) is 6.62. The van der Waals surface area contributed by atoms with E-state index in [1.807, 2.05) is 14.1 Å². The summed E-state index contributed by atoms with van der Waals surface area (Å²) in [6.07, 6.45) is 1.27. The third-order valence-corrected chi connectivity index (χ3v) is 4.32. The van der Waals surface area contributed by atoms with Crippen LogP contribution in [0.2, 0.25) is 0 Å². The number of piperidine rings is 1. The molecule has 0 aliphatic carbocycles. The summed E-state index contributed by atoms with van der Waals surface area (Å²) < 4.78 is 0. The Labute approximate surface area is 125 Å². The van der Waals surface area contributed by atoms with Gasteiger partial charge in [-0.2, -0.15) is 0 Å². The van der Waals surface area contributed by atoms with E-state index >= 15 is 0 Å². The van der Waals surface area contributed by atoms with Gasteiger partial charge in [-0.05, 0) is 32.9 Å². The van der Waals surface area contributed by atoms with Crippen molar-refractivity contribution in [2.45, 2.75) is 31.4 Å². The zero-order valence-corrected chi connectivity index (χ0v) is 12.7. The van der Waals surface area contributed by atoms with Crippen molar-refractivity contribution < 1.29 is 19.8 Å². The van der Waals surface area contributed by atoms with Gasteiger partial charge in [-0.1, -0.05) is 0 Å². The highest BCUT2D eigenvalue weighted by molar-refractivity contribution is 5.83. The molecule has 120 valence electrons. The van der Waals surface area contributed by atoms with Crippen molar-refractivity contribution in [2.75, 3.05) is 40.3 Å². The van der Waals surface area contributed by atoms with Crippen molar-refractivity contribution in [3.63, 3.8) is 0 Å². The number of carboxylic acids is 1. The van der Waals surface area contributed by atoms with Crippen molar-refractivity contribution in [3.05, 3.63) is 0 Å². The average molecular weight is 299 g/mol. The first kappa shape index (κ1) is 16.0. The van der Waals surface area contributed by atoms with Crippen LogP contribution in [0.1, 0.15) is 19.3 Å². The smallest absolute Gasteiger partial charge is 0.326 e. The predicted octanol–water partition coefficient (Wildman–Crippen LogP) is -0.100. The maximum absolute atomic E-state index is 12.5. The van der Waals surface area contributed by atoms with Gasteiger partial charge in [-0.25, -0.2) is 9.59 Å². The maximum atomic E-state index is 12.5. The van der Waals surface area contributed by atoms with Gasteiger partial charge in [0.05, 0.1) is 6.10 Å². The summed E-state index contributed by atoms with van der Waals surface area (Å²) >= 11 is 0. The van der Waals surface area contributed by atoms with E-state index < -0.39 is 18.1 Å². The number of nitrogens with zero attached hydrogens (tertiary/aromatic N) is 3. The number of aliphatic carboxylic acids is 1. The molecule has 2 fully saturated rings. The number of likely N-dealkylation sites (tertiary alicyclic amines) is 2. The Morgan fingerprint density at radius 3 is 2.38 bits per heavy atom. The first-order valence-corrected chi connectivity index (χ1v) is 7.49. The molecule has 0 saturated carbocycles. The predicted molar refractivity (Wildman–Crippen MR) is 77.0 cm³/mol. The van der Waals surface area contributed by atoms with Crippen molar-refractivity contribution in [1.82, 2.24) is 14.7 Å². The minimum absolute atomic E-state index is 0.118. The highest BCUT2D eigenvalue weighted by Gasteiger charge is 2.41. The van der Waals surface area contributed by atoms with Crippen LogP contribution in [0.5, 0.6) is 0 Å². The van der Waals surface area contributed by atoms with E-state index in [2.05, 4.69) is 4.90 Å². The fourth-order valence-corrected chi connectivity index (χ4v) is 3.26. The molecular weight excluding hydrogens is 274 g/mol. The van der Waals surface area contributed by atoms with Crippen molar-refractivity contribution >= 4 is 12.0 Å². The number of aliphatic hydroxyl groups is 1. The molecule has 0 aromatic carbocycles. The first-order chi connectivity index (χ1) is 9.88. The third kappa shape index (κ3) is 3.85. The standard InChI is InChI=1S/C14H25N3O4/c1-15(2)8-10-3-5-16(6-4-10)14(21)17-9-11(18)7-12(17)13(19)20/h10-12,18H,3-9H2,1-2H3,(H,19,20)/t11?,12-/m0/s1. The number of urea groups is 1. The largest absolute Gasteiger partial charge is 0.480 e. The minimum Gasteiger partial charge on any atom is -0.480 e. The molecular formula is C14H25N3O4. The van der Waals surface area contributed by atoms with E-state index in [0.717, 1.165) is 19.4 Å². The van der Waals surface area contributed by atoms with Crippen LogP contribution in [0.25, 0.3) is 0 Å². The molecule has 2 saturated heterocycles. The summed E-state index contributed by atoms with van der Waals surface area (Å²) in [5.74, 6) is -0.453. The van der Waals surface area contributed by atoms with Gasteiger partial charge in [0.15, 0.2) is 0 Å². The summed E-state index contributed by atoms with van der Waals surface area (Å²) in [4.78, 5) is 28.8. The Bertz CT molecular complexity index is 394. The van der Waals surface area contributed by atoms with Gasteiger partial charge >= 0.3 is 12.0 Å². The fraction of sp³-hybridized carbons (Fsp3) is 0.857. The van der Waals surface area contributed by atoms with Crippen LogP contribution < -0.4 is 0 Å². The molecule has 0 radical (unpaired) electrons. The molecule has 2 amide bonds. The highest BCUT2D eigenvalue weighted by atomic mass is 16.4. The van der Waals surface area contributed by atoms with Crippen molar-refractivity contribution in [1.29, 1.82) is 0 Å². The van der Waals surface area contributed by atoms with Crippen LogP contribution in [-0.2, 0) is 4.79 Å². The molecule has 2 atom stereocenters. The van der Waals surface area contributed by atoms with Gasteiger partial charge in [-0.15, -0.1) is 0 Å². The average Bonchev–Trinajstić information content (AvgIpc) is 2.80. The number of carbonyl (C=O) groups excluding carboxylic acids is 1. The number of carbonyl (C=O) groups is 2. The lowest BCUT2D eigenvalue weighted by Gasteiger charge is -2.36. The number of hydrogen-bond acceptors (Lipinski definition) is 4. The number of aliphatic hydroxyl groups excluding tert-OH is 1. The molecule has 2 heterocycles. The monoisotopic (exact) mass is 299 g/mol. The van der Waals surface area contributed by atoms with Crippen LogP contribution >= 0.6 is 0 Å². The third-order valence-electron chi connectivity index (χ3n) is 4.32. The number of rotatable bonds is 3. The zero-order valence-electron chi connectivity index (χ0n) is 12.7. The maximum Gasteiger partial charge on any atom is 0.326 e. The molecule has 7 nitrogen and oxygen atoms in total. The quantitative estimate of drug-likeness (QED) is 0.760. The van der Waals surface area contributed by atoms with Crippen LogP contribution in [-0.4, -0.2) is 89.3 Å². The van der Waals surface area contributed by atoms with E-state index in [-0.39, 0.29) is 19.0 Å². The number of hydrogen-bond donors (Lipinski definition) is 2. The Balaban J connectivity index is 1.91. The molecule has 2 aliphatic rings. The van der Waals surface area contributed by atoms with Gasteiger partial charge in [-0.3, -0.25) is 0 Å². The van der Waals surface area contributed by atoms with Crippen LogP contribution in [0.15, 0.2) is 0 Å². The van der Waals surface area contributed by atoms with E-state index in [4.69, 9.17) is 5.11 Å². The molecule has 2 N–H and O–H groups in total. The number of β-amino-alcohol motifs (C(OH)–C–C–N with tert-alkyl or cyclic N) is 1. The summed E-state index contributed by atoms with van der Waals surface area (Å²) in [6.45, 7) is 2.46. The van der Waals surface area contributed by atoms with Crippen LogP contribution in [0.3, 0.4) is 0 Å². The van der Waals surface area contributed by atoms with Gasteiger partial charge in [0.25, 0.3) is 0 Å². The zero-order chi connectivity index (χ0) is 15.6. The molecule has 2 rings (SSSR count). The summed E-state index contributed by atoms with van der Waals surface area (Å²) in [7, 11) is 4.08. The first-order valence-electron chi connectivity index (χ1n) is 7.49. The Morgan fingerprint density at radius 1 is 1.24 bits per heavy atom. The molecule has 21 heavy (non-hydrogen) atoms. The molecule has 1 unspecified atom stereocenters. The lowest BCUT2D eigenvalue weighted by Crippen LogP contribution is -2.50. The van der Waals surface area contributed by atoms with Gasteiger partial charge in [0, 0.05) is 32.6 Å². The van der Waals surface area contributed by atoms with E-state index in [1.165, 1.54) is 4.90 Å². The topological polar surface area (TPSA) is 84.3 Å². The summed E-state index contributed by atoms with van der Waals surface area (Å²) in [5, 5.41) is 18.8. The SMILES string of the molecule is CN(C)CC1CCN(C(=O)N2CC(O)C[C@H]2C(=O)O)CC1. The van der Waals surface area contributed by atoms with Gasteiger partial charge < -0.3 is 24.9 Å². The van der Waals surface area contributed by atoms with E-state index in [0.29, 0.717) is 19.0 Å². The van der Waals surface area contributed by atoms with Crippen LogP contribution in [0.4, 0.5) is 4.79 Å². The second-order valence-electron chi connectivity index (χ2n) is 6.37. The molecule has 2 aliphatic heterocycles. The Hall–Kier alpha value is -1.34. The molecule has 7 heteroatoms. The summed E-state index contributed by atoms with van der Waals surface area (Å²) in [5.41, 5.74) is 0. The molecule has 0 aromatic heterocycles.